The first-order valence-electron chi connectivity index (χ1n) is 6.93. The summed E-state index contributed by atoms with van der Waals surface area (Å²) in [6.45, 7) is 0.583. The van der Waals surface area contributed by atoms with Crippen LogP contribution < -0.4 is 10.6 Å². The average molecular weight is 359 g/mol. The third kappa shape index (κ3) is 3.65. The number of rotatable bonds is 4. The second-order valence-electron chi connectivity index (χ2n) is 4.93. The number of H-pyrrole nitrogens is 1. The van der Waals surface area contributed by atoms with Crippen molar-refractivity contribution in [3.05, 3.63) is 58.7 Å². The highest BCUT2D eigenvalue weighted by Crippen LogP contribution is 2.16. The van der Waals surface area contributed by atoms with E-state index in [0.717, 1.165) is 27.5 Å². The van der Waals surface area contributed by atoms with Crippen molar-refractivity contribution in [1.29, 1.82) is 0 Å². The molecular formula is C16H15BrN4O. The molecule has 2 amide bonds. The number of aromatic nitrogens is 2. The van der Waals surface area contributed by atoms with Crippen LogP contribution in [0, 0.1) is 0 Å². The number of hydrogen-bond donors (Lipinski definition) is 3. The molecule has 6 heteroatoms. The number of benzene rings is 2. The molecule has 0 aliphatic rings. The third-order valence-electron chi connectivity index (χ3n) is 3.31. The summed E-state index contributed by atoms with van der Waals surface area (Å²) in [6, 6.07) is 13.5. The number of halogens is 1. The predicted molar refractivity (Wildman–Crippen MR) is 91.0 cm³/mol. The van der Waals surface area contributed by atoms with Gasteiger partial charge in [0.25, 0.3) is 0 Å². The summed E-state index contributed by atoms with van der Waals surface area (Å²) < 4.78 is 1.05. The van der Waals surface area contributed by atoms with E-state index in [4.69, 9.17) is 0 Å². The molecule has 3 rings (SSSR count). The lowest BCUT2D eigenvalue weighted by atomic mass is 10.1. The van der Waals surface area contributed by atoms with E-state index in [9.17, 15) is 4.79 Å². The normalized spacial score (nSPS) is 10.6. The minimum absolute atomic E-state index is 0.212. The average Bonchev–Trinajstić information content (AvgIpc) is 2.97. The summed E-state index contributed by atoms with van der Waals surface area (Å²) in [7, 11) is 0. The van der Waals surface area contributed by atoms with Crippen LogP contribution in [-0.2, 0) is 6.42 Å². The van der Waals surface area contributed by atoms with Crippen molar-refractivity contribution in [3.8, 4) is 0 Å². The summed E-state index contributed by atoms with van der Waals surface area (Å²) in [5.74, 6) is 0. The molecule has 0 spiro atoms. The van der Waals surface area contributed by atoms with Crippen LogP contribution in [0.15, 0.2) is 53.1 Å². The fourth-order valence-corrected chi connectivity index (χ4v) is 2.43. The van der Waals surface area contributed by atoms with Gasteiger partial charge in [0.05, 0.1) is 11.7 Å². The number of urea groups is 1. The van der Waals surface area contributed by atoms with Crippen LogP contribution in [0.1, 0.15) is 5.56 Å². The standard InChI is InChI=1S/C16H15BrN4O/c17-13-4-1-11(2-5-13)7-8-18-16(22)20-14-6-3-12-10-19-21-15(12)9-14/h1-6,9-10H,7-8H2,(H,19,21)(H2,18,20,22). The summed E-state index contributed by atoms with van der Waals surface area (Å²) in [6.07, 6.45) is 2.54. The van der Waals surface area contributed by atoms with Gasteiger partial charge >= 0.3 is 6.03 Å². The predicted octanol–water partition coefficient (Wildman–Crippen LogP) is 3.69. The molecule has 0 radical (unpaired) electrons. The number of hydrogen-bond acceptors (Lipinski definition) is 2. The van der Waals surface area contributed by atoms with Crippen molar-refractivity contribution >= 4 is 38.6 Å². The van der Waals surface area contributed by atoms with E-state index in [1.165, 1.54) is 5.56 Å². The molecule has 2 aromatic carbocycles. The Morgan fingerprint density at radius 3 is 2.82 bits per heavy atom. The highest BCUT2D eigenvalue weighted by molar-refractivity contribution is 9.10. The maximum absolute atomic E-state index is 11.9. The van der Waals surface area contributed by atoms with E-state index in [-0.39, 0.29) is 6.03 Å². The van der Waals surface area contributed by atoms with Gasteiger partial charge < -0.3 is 10.6 Å². The van der Waals surface area contributed by atoms with Crippen molar-refractivity contribution < 1.29 is 4.79 Å². The second-order valence-corrected chi connectivity index (χ2v) is 5.85. The second kappa shape index (κ2) is 6.62. The number of nitrogens with zero attached hydrogens (tertiary/aromatic N) is 1. The molecule has 1 heterocycles. The fraction of sp³-hybridized carbons (Fsp3) is 0.125. The summed E-state index contributed by atoms with van der Waals surface area (Å²) in [4.78, 5) is 11.9. The van der Waals surface area contributed by atoms with Crippen molar-refractivity contribution in [2.24, 2.45) is 0 Å². The van der Waals surface area contributed by atoms with Crippen LogP contribution in [0.2, 0.25) is 0 Å². The molecule has 0 atom stereocenters. The lowest BCUT2D eigenvalue weighted by Crippen LogP contribution is -2.30. The van der Waals surface area contributed by atoms with Gasteiger partial charge in [-0.3, -0.25) is 5.10 Å². The molecular weight excluding hydrogens is 344 g/mol. The molecule has 0 aliphatic carbocycles. The van der Waals surface area contributed by atoms with Gasteiger partial charge in [-0.2, -0.15) is 5.10 Å². The molecule has 0 saturated heterocycles. The number of anilines is 1. The Bertz CT molecular complexity index is 782. The maximum atomic E-state index is 11.9. The molecule has 112 valence electrons. The van der Waals surface area contributed by atoms with E-state index in [1.54, 1.807) is 6.20 Å². The first kappa shape index (κ1) is 14.6. The monoisotopic (exact) mass is 358 g/mol. The smallest absolute Gasteiger partial charge is 0.319 e. The van der Waals surface area contributed by atoms with E-state index in [1.807, 2.05) is 42.5 Å². The largest absolute Gasteiger partial charge is 0.338 e. The minimum atomic E-state index is -0.212. The molecule has 0 bridgehead atoms. The third-order valence-corrected chi connectivity index (χ3v) is 3.84. The van der Waals surface area contributed by atoms with Crippen LogP contribution in [0.3, 0.4) is 0 Å². The molecule has 0 unspecified atom stereocenters. The minimum Gasteiger partial charge on any atom is -0.338 e. The van der Waals surface area contributed by atoms with Crippen LogP contribution in [0.4, 0.5) is 10.5 Å². The number of amides is 2. The zero-order valence-corrected chi connectivity index (χ0v) is 13.4. The van der Waals surface area contributed by atoms with E-state index >= 15 is 0 Å². The Morgan fingerprint density at radius 1 is 1.18 bits per heavy atom. The van der Waals surface area contributed by atoms with Gasteiger partial charge in [-0.25, -0.2) is 4.79 Å². The Kier molecular flexibility index (Phi) is 4.39. The van der Waals surface area contributed by atoms with Crippen LogP contribution in [0.25, 0.3) is 10.9 Å². The van der Waals surface area contributed by atoms with Gasteiger partial charge in [0.15, 0.2) is 0 Å². The van der Waals surface area contributed by atoms with Gasteiger partial charge in [-0.1, -0.05) is 28.1 Å². The Balaban J connectivity index is 1.50. The van der Waals surface area contributed by atoms with E-state index in [0.29, 0.717) is 6.54 Å². The molecule has 3 N–H and O–H groups in total. The van der Waals surface area contributed by atoms with Crippen molar-refractivity contribution in [3.63, 3.8) is 0 Å². The number of nitrogens with one attached hydrogen (secondary N) is 3. The summed E-state index contributed by atoms with van der Waals surface area (Å²) in [5, 5.41) is 13.5. The summed E-state index contributed by atoms with van der Waals surface area (Å²) in [5.41, 5.74) is 2.81. The van der Waals surface area contributed by atoms with Gasteiger partial charge in [0.1, 0.15) is 0 Å². The SMILES string of the molecule is O=C(NCCc1ccc(Br)cc1)Nc1ccc2cn[nH]c2c1. The zero-order valence-electron chi connectivity index (χ0n) is 11.8. The topological polar surface area (TPSA) is 69.8 Å². The molecule has 0 fully saturated rings. The number of aromatic amines is 1. The zero-order chi connectivity index (χ0) is 15.4. The quantitative estimate of drug-likeness (QED) is 0.665. The van der Waals surface area contributed by atoms with Crippen LogP contribution in [-0.4, -0.2) is 22.8 Å². The molecule has 5 nitrogen and oxygen atoms in total. The number of carbonyl (C=O) groups excluding carboxylic acids is 1. The Morgan fingerprint density at radius 2 is 2.00 bits per heavy atom. The molecule has 3 aromatic rings. The molecule has 1 aromatic heterocycles. The Hall–Kier alpha value is -2.34. The lowest BCUT2D eigenvalue weighted by molar-refractivity contribution is 0.252. The number of fused-ring (bicyclic) bond motifs is 1. The van der Waals surface area contributed by atoms with Crippen molar-refractivity contribution in [2.75, 3.05) is 11.9 Å². The molecule has 22 heavy (non-hydrogen) atoms. The Labute approximate surface area is 136 Å². The van der Waals surface area contributed by atoms with Crippen LogP contribution in [0.5, 0.6) is 0 Å². The van der Waals surface area contributed by atoms with Gasteiger partial charge in [-0.05, 0) is 42.3 Å². The molecule has 0 saturated carbocycles. The van der Waals surface area contributed by atoms with E-state index in [2.05, 4.69) is 36.8 Å². The van der Waals surface area contributed by atoms with Crippen LogP contribution >= 0.6 is 15.9 Å². The van der Waals surface area contributed by atoms with Gasteiger partial charge in [0.2, 0.25) is 0 Å². The first-order valence-corrected chi connectivity index (χ1v) is 7.72. The molecule has 0 aliphatic heterocycles. The lowest BCUT2D eigenvalue weighted by Gasteiger charge is -2.08. The van der Waals surface area contributed by atoms with Crippen molar-refractivity contribution in [1.82, 2.24) is 15.5 Å². The highest BCUT2D eigenvalue weighted by Gasteiger charge is 2.03. The van der Waals surface area contributed by atoms with Gasteiger partial charge in [-0.15, -0.1) is 0 Å². The number of carbonyl (C=O) groups is 1. The summed E-state index contributed by atoms with van der Waals surface area (Å²) >= 11 is 3.40. The first-order chi connectivity index (χ1) is 10.7. The van der Waals surface area contributed by atoms with Crippen molar-refractivity contribution in [2.45, 2.75) is 6.42 Å². The highest BCUT2D eigenvalue weighted by atomic mass is 79.9. The fourth-order valence-electron chi connectivity index (χ4n) is 2.16. The van der Waals surface area contributed by atoms with E-state index < -0.39 is 0 Å². The van der Waals surface area contributed by atoms with Gasteiger partial charge in [0, 0.05) is 22.1 Å². The maximum Gasteiger partial charge on any atom is 0.319 e.